The fourth-order valence-electron chi connectivity index (χ4n) is 3.22. The number of rotatable bonds is 6. The van der Waals surface area contributed by atoms with Crippen molar-refractivity contribution >= 4 is 45.2 Å². The zero-order valence-corrected chi connectivity index (χ0v) is 16.9. The van der Waals surface area contributed by atoms with Crippen LogP contribution in [0, 0.1) is 0 Å². The van der Waals surface area contributed by atoms with Gasteiger partial charge < -0.3 is 10.2 Å². The maximum atomic E-state index is 12.3. The molecule has 0 unspecified atom stereocenters. The van der Waals surface area contributed by atoms with Gasteiger partial charge in [0.05, 0.1) is 5.75 Å². The van der Waals surface area contributed by atoms with Gasteiger partial charge >= 0.3 is 0 Å². The third kappa shape index (κ3) is 4.23. The van der Waals surface area contributed by atoms with Crippen LogP contribution in [0.1, 0.15) is 38.1 Å². The lowest BCUT2D eigenvalue weighted by molar-refractivity contribution is -0.113. The zero-order valence-electron chi connectivity index (χ0n) is 14.5. The molecule has 2 aromatic rings. The van der Waals surface area contributed by atoms with Crippen molar-refractivity contribution in [2.75, 3.05) is 29.1 Å². The standard InChI is InChI=1S/C18H22BrN5OS/c19-13-5-4-6-14(11-13)20-16(25)12-26-18-22-21-17(24(18)15-7-8-15)23-9-2-1-3-10-23/h4-6,11,15H,1-3,7-10,12H2,(H,20,25). The van der Waals surface area contributed by atoms with E-state index >= 15 is 0 Å². The Kier molecular flexibility index (Phi) is 5.49. The number of piperidine rings is 1. The summed E-state index contributed by atoms with van der Waals surface area (Å²) in [5.74, 6) is 1.29. The lowest BCUT2D eigenvalue weighted by Crippen LogP contribution is -2.32. The first-order valence-electron chi connectivity index (χ1n) is 9.09. The fraction of sp³-hybridized carbons (Fsp3) is 0.500. The number of aromatic nitrogens is 3. The highest BCUT2D eigenvalue weighted by Gasteiger charge is 2.32. The van der Waals surface area contributed by atoms with Gasteiger partial charge in [0.2, 0.25) is 11.9 Å². The number of carbonyl (C=O) groups is 1. The molecule has 0 radical (unpaired) electrons. The molecule has 0 spiro atoms. The van der Waals surface area contributed by atoms with Crippen LogP contribution in [0.5, 0.6) is 0 Å². The van der Waals surface area contributed by atoms with E-state index in [0.29, 0.717) is 11.8 Å². The number of halogens is 1. The summed E-state index contributed by atoms with van der Waals surface area (Å²) < 4.78 is 3.20. The van der Waals surface area contributed by atoms with Crippen molar-refractivity contribution in [2.24, 2.45) is 0 Å². The van der Waals surface area contributed by atoms with Gasteiger partial charge in [0.15, 0.2) is 5.16 Å². The largest absolute Gasteiger partial charge is 0.341 e. The topological polar surface area (TPSA) is 63.1 Å². The molecule has 1 aliphatic carbocycles. The number of benzene rings is 1. The summed E-state index contributed by atoms with van der Waals surface area (Å²) in [7, 11) is 0. The average molecular weight is 436 g/mol. The number of carbonyl (C=O) groups excluding carboxylic acids is 1. The van der Waals surface area contributed by atoms with Gasteiger partial charge in [-0.25, -0.2) is 0 Å². The van der Waals surface area contributed by atoms with Gasteiger partial charge in [-0.05, 0) is 50.3 Å². The van der Waals surface area contributed by atoms with Crippen molar-refractivity contribution in [3.8, 4) is 0 Å². The minimum Gasteiger partial charge on any atom is -0.341 e. The minimum absolute atomic E-state index is 0.0297. The predicted octanol–water partition coefficient (Wildman–Crippen LogP) is 4.10. The lowest BCUT2D eigenvalue weighted by Gasteiger charge is -2.27. The van der Waals surface area contributed by atoms with Crippen molar-refractivity contribution in [3.63, 3.8) is 0 Å². The van der Waals surface area contributed by atoms with Crippen LogP contribution in [-0.4, -0.2) is 39.5 Å². The number of hydrogen-bond acceptors (Lipinski definition) is 5. The molecule has 1 saturated carbocycles. The number of hydrogen-bond donors (Lipinski definition) is 1. The first kappa shape index (κ1) is 17.9. The smallest absolute Gasteiger partial charge is 0.234 e. The van der Waals surface area contributed by atoms with Gasteiger partial charge in [0.1, 0.15) is 0 Å². The lowest BCUT2D eigenvalue weighted by atomic mass is 10.1. The summed E-state index contributed by atoms with van der Waals surface area (Å²) in [6.07, 6.45) is 6.09. The maximum Gasteiger partial charge on any atom is 0.234 e. The van der Waals surface area contributed by atoms with E-state index in [1.807, 2.05) is 24.3 Å². The second-order valence-electron chi connectivity index (χ2n) is 6.78. The summed E-state index contributed by atoms with van der Waals surface area (Å²) in [5, 5.41) is 12.6. The molecule has 1 N–H and O–H groups in total. The molecular weight excluding hydrogens is 414 g/mol. The van der Waals surface area contributed by atoms with E-state index < -0.39 is 0 Å². The highest BCUT2D eigenvalue weighted by Crippen LogP contribution is 2.41. The minimum atomic E-state index is -0.0297. The molecule has 2 fully saturated rings. The molecule has 4 rings (SSSR count). The number of nitrogens with zero attached hydrogens (tertiary/aromatic N) is 4. The molecule has 0 bridgehead atoms. The Morgan fingerprint density at radius 3 is 2.77 bits per heavy atom. The van der Waals surface area contributed by atoms with E-state index in [4.69, 9.17) is 0 Å². The SMILES string of the molecule is O=C(CSc1nnc(N2CCCCC2)n1C1CC1)Nc1cccc(Br)c1. The highest BCUT2D eigenvalue weighted by atomic mass is 79.9. The average Bonchev–Trinajstić information content (AvgIpc) is 3.40. The van der Waals surface area contributed by atoms with E-state index in [1.54, 1.807) is 0 Å². The summed E-state index contributed by atoms with van der Waals surface area (Å²) >= 11 is 4.89. The van der Waals surface area contributed by atoms with Crippen LogP contribution in [0.15, 0.2) is 33.9 Å². The van der Waals surface area contributed by atoms with E-state index in [-0.39, 0.29) is 5.91 Å². The van der Waals surface area contributed by atoms with Crippen LogP contribution in [0.25, 0.3) is 0 Å². The van der Waals surface area contributed by atoms with Gasteiger partial charge in [-0.15, -0.1) is 10.2 Å². The van der Waals surface area contributed by atoms with Crippen LogP contribution in [0.4, 0.5) is 11.6 Å². The first-order valence-corrected chi connectivity index (χ1v) is 10.9. The Morgan fingerprint density at radius 2 is 2.04 bits per heavy atom. The summed E-state index contributed by atoms with van der Waals surface area (Å²) in [6, 6.07) is 8.11. The third-order valence-corrected chi connectivity index (χ3v) is 6.07. The number of thioether (sulfide) groups is 1. The molecule has 6 nitrogen and oxygen atoms in total. The quantitative estimate of drug-likeness (QED) is 0.691. The number of anilines is 2. The van der Waals surface area contributed by atoms with Crippen molar-refractivity contribution in [1.29, 1.82) is 0 Å². The normalized spacial score (nSPS) is 17.3. The Balaban J connectivity index is 1.41. The van der Waals surface area contributed by atoms with Crippen molar-refractivity contribution < 1.29 is 4.79 Å². The summed E-state index contributed by atoms with van der Waals surface area (Å²) in [5.41, 5.74) is 0.794. The molecule has 2 aliphatic rings. The van der Waals surface area contributed by atoms with Crippen LogP contribution >= 0.6 is 27.7 Å². The Hall–Kier alpha value is -1.54. The van der Waals surface area contributed by atoms with E-state index in [9.17, 15) is 4.79 Å². The summed E-state index contributed by atoms with van der Waals surface area (Å²) in [6.45, 7) is 2.11. The molecule has 1 amide bonds. The molecule has 1 aliphatic heterocycles. The van der Waals surface area contributed by atoms with E-state index in [1.165, 1.54) is 43.9 Å². The van der Waals surface area contributed by atoms with Crippen LogP contribution in [-0.2, 0) is 4.79 Å². The number of nitrogens with one attached hydrogen (secondary N) is 1. The molecular formula is C18H22BrN5OS. The molecule has 138 valence electrons. The molecule has 2 heterocycles. The van der Waals surface area contributed by atoms with Crippen LogP contribution < -0.4 is 10.2 Å². The van der Waals surface area contributed by atoms with E-state index in [0.717, 1.165) is 34.4 Å². The van der Waals surface area contributed by atoms with E-state index in [2.05, 4.69) is 40.9 Å². The highest BCUT2D eigenvalue weighted by molar-refractivity contribution is 9.10. The predicted molar refractivity (Wildman–Crippen MR) is 108 cm³/mol. The molecule has 8 heteroatoms. The summed E-state index contributed by atoms with van der Waals surface area (Å²) in [4.78, 5) is 14.6. The van der Waals surface area contributed by atoms with Crippen LogP contribution in [0.3, 0.4) is 0 Å². The van der Waals surface area contributed by atoms with Crippen molar-refractivity contribution in [3.05, 3.63) is 28.7 Å². The van der Waals surface area contributed by atoms with Gasteiger partial charge in [0.25, 0.3) is 0 Å². The van der Waals surface area contributed by atoms with Crippen LogP contribution in [0.2, 0.25) is 0 Å². The fourth-order valence-corrected chi connectivity index (χ4v) is 4.42. The molecule has 1 aromatic heterocycles. The number of amides is 1. The molecule has 1 aromatic carbocycles. The molecule has 1 saturated heterocycles. The Labute approximate surface area is 165 Å². The van der Waals surface area contributed by atoms with Gasteiger partial charge in [-0.2, -0.15) is 0 Å². The second kappa shape index (κ2) is 8.00. The van der Waals surface area contributed by atoms with Gasteiger partial charge in [-0.1, -0.05) is 33.8 Å². The second-order valence-corrected chi connectivity index (χ2v) is 8.64. The third-order valence-electron chi connectivity index (χ3n) is 4.64. The monoisotopic (exact) mass is 435 g/mol. The Morgan fingerprint density at radius 1 is 1.23 bits per heavy atom. The van der Waals surface area contributed by atoms with Crippen molar-refractivity contribution in [1.82, 2.24) is 14.8 Å². The van der Waals surface area contributed by atoms with Gasteiger partial charge in [0, 0.05) is 29.3 Å². The molecule has 26 heavy (non-hydrogen) atoms. The first-order chi connectivity index (χ1) is 12.7. The van der Waals surface area contributed by atoms with Gasteiger partial charge in [-0.3, -0.25) is 9.36 Å². The Bertz CT molecular complexity index is 786. The van der Waals surface area contributed by atoms with Crippen molar-refractivity contribution in [2.45, 2.75) is 43.3 Å². The zero-order chi connectivity index (χ0) is 17.9. The maximum absolute atomic E-state index is 12.3. The molecule has 0 atom stereocenters.